The maximum Gasteiger partial charge on any atom is 0.170 e. The molecule has 1 unspecified atom stereocenters. The highest BCUT2D eigenvalue weighted by atomic mass is 16.5. The van der Waals surface area contributed by atoms with E-state index in [0.29, 0.717) is 5.69 Å². The van der Waals surface area contributed by atoms with Gasteiger partial charge in [-0.2, -0.15) is 5.10 Å². The molecule has 1 aliphatic rings. The van der Waals surface area contributed by atoms with Gasteiger partial charge >= 0.3 is 0 Å². The minimum Gasteiger partial charge on any atom is -0.372 e. The molecule has 1 aliphatic heterocycles. The maximum atomic E-state index is 10.8. The number of aromatic nitrogens is 2. The molecule has 1 fully saturated rings. The zero-order valence-corrected chi connectivity index (χ0v) is 9.85. The molecule has 1 aromatic rings. The van der Waals surface area contributed by atoms with Gasteiger partial charge in [0.05, 0.1) is 11.8 Å². The Bertz CT molecular complexity index is 365. The van der Waals surface area contributed by atoms with Crippen molar-refractivity contribution < 1.29 is 9.53 Å². The maximum absolute atomic E-state index is 10.8. The van der Waals surface area contributed by atoms with Gasteiger partial charge in [-0.3, -0.25) is 9.48 Å². The summed E-state index contributed by atoms with van der Waals surface area (Å²) in [6, 6.07) is 2.11. The van der Waals surface area contributed by atoms with Gasteiger partial charge in [0.25, 0.3) is 0 Å². The van der Waals surface area contributed by atoms with Crippen molar-refractivity contribution in [3.8, 4) is 0 Å². The number of carbonyl (C=O) groups excluding carboxylic acids is 1. The van der Waals surface area contributed by atoms with Crippen molar-refractivity contribution >= 4 is 6.29 Å². The first-order valence-corrected chi connectivity index (χ1v) is 5.88. The van der Waals surface area contributed by atoms with Gasteiger partial charge in [0.2, 0.25) is 0 Å². The van der Waals surface area contributed by atoms with Crippen molar-refractivity contribution in [2.45, 2.75) is 45.3 Å². The molecule has 2 heterocycles. The third kappa shape index (κ3) is 2.16. The van der Waals surface area contributed by atoms with E-state index in [1.165, 1.54) is 6.42 Å². The molecule has 4 heteroatoms. The second-order valence-corrected chi connectivity index (χ2v) is 4.51. The van der Waals surface area contributed by atoms with E-state index in [2.05, 4.69) is 18.9 Å². The summed E-state index contributed by atoms with van der Waals surface area (Å²) in [5.74, 6) is 0. The van der Waals surface area contributed by atoms with Crippen molar-refractivity contribution in [1.29, 1.82) is 0 Å². The molecule has 0 spiro atoms. The van der Waals surface area contributed by atoms with Crippen LogP contribution in [0, 0.1) is 0 Å². The molecular formula is C12H18N2O2. The van der Waals surface area contributed by atoms with Gasteiger partial charge in [-0.15, -0.1) is 0 Å². The fraction of sp³-hybridized carbons (Fsp3) is 0.667. The molecule has 1 saturated heterocycles. The van der Waals surface area contributed by atoms with Gasteiger partial charge in [-0.05, 0) is 39.2 Å². The van der Waals surface area contributed by atoms with Crippen LogP contribution < -0.4 is 0 Å². The Hall–Kier alpha value is -1.16. The number of hydrogen-bond donors (Lipinski definition) is 0. The zero-order valence-electron chi connectivity index (χ0n) is 9.85. The van der Waals surface area contributed by atoms with Crippen molar-refractivity contribution in [2.75, 3.05) is 6.61 Å². The van der Waals surface area contributed by atoms with E-state index in [-0.39, 0.29) is 12.1 Å². The Morgan fingerprint density at radius 1 is 1.56 bits per heavy atom. The molecule has 0 saturated carbocycles. The molecule has 2 rings (SSSR count). The molecule has 0 N–H and O–H groups in total. The first-order valence-electron chi connectivity index (χ1n) is 5.88. The lowest BCUT2D eigenvalue weighted by atomic mass is 10.1. The average molecular weight is 222 g/mol. The molecule has 1 atom stereocenters. The lowest BCUT2D eigenvalue weighted by Crippen LogP contribution is -2.17. The number of rotatable bonds is 3. The van der Waals surface area contributed by atoms with Crippen molar-refractivity contribution in [3.05, 3.63) is 17.5 Å². The summed E-state index contributed by atoms with van der Waals surface area (Å²) in [4.78, 5) is 10.8. The molecular weight excluding hydrogens is 204 g/mol. The summed E-state index contributed by atoms with van der Waals surface area (Å²) in [6.07, 6.45) is 4.25. The molecule has 88 valence electrons. The van der Waals surface area contributed by atoms with E-state index < -0.39 is 0 Å². The van der Waals surface area contributed by atoms with E-state index in [4.69, 9.17) is 4.74 Å². The van der Waals surface area contributed by atoms with E-state index >= 15 is 0 Å². The largest absolute Gasteiger partial charge is 0.372 e. The molecule has 0 aromatic carbocycles. The average Bonchev–Trinajstić information content (AvgIpc) is 2.74. The van der Waals surface area contributed by atoms with Gasteiger partial charge in [0.15, 0.2) is 6.29 Å². The van der Waals surface area contributed by atoms with Crippen LogP contribution in [-0.4, -0.2) is 22.7 Å². The topological polar surface area (TPSA) is 44.1 Å². The highest BCUT2D eigenvalue weighted by molar-refractivity contribution is 5.71. The number of aldehydes is 1. The number of carbonyl (C=O) groups is 1. The number of ether oxygens (including phenoxy) is 1. The monoisotopic (exact) mass is 222 g/mol. The molecule has 0 amide bonds. The van der Waals surface area contributed by atoms with Gasteiger partial charge in [0, 0.05) is 12.6 Å². The first-order chi connectivity index (χ1) is 7.72. The SMILES string of the molecule is CC(C)n1nc(C=O)cc1C1CCCCO1. The molecule has 0 radical (unpaired) electrons. The van der Waals surface area contributed by atoms with Crippen LogP contribution in [0.2, 0.25) is 0 Å². The molecule has 1 aromatic heterocycles. The second kappa shape index (κ2) is 4.78. The Morgan fingerprint density at radius 2 is 2.38 bits per heavy atom. The fourth-order valence-electron chi connectivity index (χ4n) is 2.11. The van der Waals surface area contributed by atoms with Crippen LogP contribution in [0.1, 0.15) is 61.4 Å². The minimum atomic E-state index is 0.109. The van der Waals surface area contributed by atoms with Gasteiger partial charge in [-0.25, -0.2) is 0 Å². The van der Waals surface area contributed by atoms with Crippen molar-refractivity contribution in [1.82, 2.24) is 9.78 Å². The van der Waals surface area contributed by atoms with Gasteiger partial charge in [-0.1, -0.05) is 0 Å². The summed E-state index contributed by atoms with van der Waals surface area (Å²) in [5.41, 5.74) is 1.54. The highest BCUT2D eigenvalue weighted by Crippen LogP contribution is 2.29. The summed E-state index contributed by atoms with van der Waals surface area (Å²) in [5, 5.41) is 4.27. The van der Waals surface area contributed by atoms with Crippen molar-refractivity contribution in [3.63, 3.8) is 0 Å². The summed E-state index contributed by atoms with van der Waals surface area (Å²) in [7, 11) is 0. The molecule has 0 bridgehead atoms. The van der Waals surface area contributed by atoms with Gasteiger partial charge in [0.1, 0.15) is 5.69 Å². The fourth-order valence-corrected chi connectivity index (χ4v) is 2.11. The van der Waals surface area contributed by atoms with Gasteiger partial charge < -0.3 is 4.74 Å². The normalized spacial score (nSPS) is 21.3. The quantitative estimate of drug-likeness (QED) is 0.738. The third-order valence-corrected chi connectivity index (χ3v) is 2.90. The van der Waals surface area contributed by atoms with Crippen LogP contribution in [0.25, 0.3) is 0 Å². The summed E-state index contributed by atoms with van der Waals surface area (Å²) < 4.78 is 7.64. The van der Waals surface area contributed by atoms with Crippen LogP contribution in [0.3, 0.4) is 0 Å². The summed E-state index contributed by atoms with van der Waals surface area (Å²) >= 11 is 0. The second-order valence-electron chi connectivity index (χ2n) is 4.51. The number of hydrogen-bond acceptors (Lipinski definition) is 3. The molecule has 16 heavy (non-hydrogen) atoms. The van der Waals surface area contributed by atoms with E-state index in [9.17, 15) is 4.79 Å². The lowest BCUT2D eigenvalue weighted by molar-refractivity contribution is 0.00885. The first kappa shape index (κ1) is 11.3. The van der Waals surface area contributed by atoms with Crippen LogP contribution >= 0.6 is 0 Å². The molecule has 0 aliphatic carbocycles. The summed E-state index contributed by atoms with van der Waals surface area (Å²) in [6.45, 7) is 4.94. The van der Waals surface area contributed by atoms with Crippen molar-refractivity contribution in [2.24, 2.45) is 0 Å². The smallest absolute Gasteiger partial charge is 0.170 e. The van der Waals surface area contributed by atoms with Crippen LogP contribution in [0.15, 0.2) is 6.07 Å². The van der Waals surface area contributed by atoms with E-state index in [1.54, 1.807) is 0 Å². The highest BCUT2D eigenvalue weighted by Gasteiger charge is 2.22. The predicted molar refractivity (Wildman–Crippen MR) is 60.5 cm³/mol. The Kier molecular flexibility index (Phi) is 3.39. The van der Waals surface area contributed by atoms with Crippen LogP contribution in [0.4, 0.5) is 0 Å². The predicted octanol–water partition coefficient (Wildman–Crippen LogP) is 2.52. The van der Waals surface area contributed by atoms with Crippen LogP contribution in [-0.2, 0) is 4.74 Å². The zero-order chi connectivity index (χ0) is 11.5. The Balaban J connectivity index is 2.29. The van der Waals surface area contributed by atoms with E-state index in [1.807, 2.05) is 10.7 Å². The Labute approximate surface area is 95.6 Å². The molecule has 4 nitrogen and oxygen atoms in total. The minimum absolute atomic E-state index is 0.109. The van der Waals surface area contributed by atoms with Crippen LogP contribution in [0.5, 0.6) is 0 Å². The third-order valence-electron chi connectivity index (χ3n) is 2.90. The Morgan fingerprint density at radius 3 is 2.94 bits per heavy atom. The lowest BCUT2D eigenvalue weighted by Gasteiger charge is -2.24. The standard InChI is InChI=1S/C12H18N2O2/c1-9(2)14-11(7-10(8-15)13-14)12-5-3-4-6-16-12/h7-9,12H,3-6H2,1-2H3. The van der Waals surface area contributed by atoms with E-state index in [0.717, 1.165) is 31.4 Å². The number of nitrogens with zero attached hydrogens (tertiary/aromatic N) is 2.